The van der Waals surface area contributed by atoms with Crippen LogP contribution in [0, 0.1) is 0 Å². The normalized spacial score (nSPS) is 20.0. The highest BCUT2D eigenvalue weighted by molar-refractivity contribution is 5.51. The average molecular weight is 237 g/mol. The largest absolute Gasteiger partial charge is 0.508 e. The van der Waals surface area contributed by atoms with Crippen LogP contribution in [-0.4, -0.2) is 32.4 Å². The Bertz CT molecular complexity index is 386. The molecule has 1 atom stereocenters. The van der Waals surface area contributed by atoms with Gasteiger partial charge in [-0.1, -0.05) is 0 Å². The molecule has 1 aliphatic rings. The lowest BCUT2D eigenvalue weighted by atomic mass is 9.90. The number of hydrogen-bond acceptors (Lipinski definition) is 4. The van der Waals surface area contributed by atoms with E-state index in [9.17, 15) is 5.11 Å². The number of phenolic OH excluding ortho intramolecular Hbond substituents is 1. The number of ether oxygens (including phenoxy) is 2. The lowest BCUT2D eigenvalue weighted by molar-refractivity contribution is 0.348. The number of methoxy groups -OCH3 is 2. The van der Waals surface area contributed by atoms with Crippen LogP contribution < -0.4 is 14.8 Å². The predicted molar refractivity (Wildman–Crippen MR) is 66.1 cm³/mol. The molecule has 4 nitrogen and oxygen atoms in total. The Balaban J connectivity index is 2.32. The first-order valence-corrected chi connectivity index (χ1v) is 5.92. The Morgan fingerprint density at radius 1 is 1.24 bits per heavy atom. The maximum absolute atomic E-state index is 10.0. The van der Waals surface area contributed by atoms with Gasteiger partial charge in [0.25, 0.3) is 0 Å². The average Bonchev–Trinajstić information content (AvgIpc) is 2.39. The number of nitrogens with one attached hydrogen (secondary N) is 1. The van der Waals surface area contributed by atoms with Gasteiger partial charge in [-0.05, 0) is 25.5 Å². The molecule has 1 saturated heterocycles. The van der Waals surface area contributed by atoms with Crippen LogP contribution in [-0.2, 0) is 0 Å². The molecule has 2 rings (SSSR count). The van der Waals surface area contributed by atoms with Gasteiger partial charge in [0.1, 0.15) is 5.75 Å². The quantitative estimate of drug-likeness (QED) is 0.842. The Labute approximate surface area is 102 Å². The van der Waals surface area contributed by atoms with Crippen LogP contribution in [0.1, 0.15) is 24.3 Å². The maximum Gasteiger partial charge on any atom is 0.164 e. The fraction of sp³-hybridized carbons (Fsp3) is 0.538. The molecule has 1 aliphatic heterocycles. The van der Waals surface area contributed by atoms with Gasteiger partial charge in [0.2, 0.25) is 0 Å². The third kappa shape index (κ3) is 2.47. The van der Waals surface area contributed by atoms with Gasteiger partial charge in [-0.15, -0.1) is 0 Å². The Morgan fingerprint density at radius 3 is 2.53 bits per heavy atom. The molecule has 1 aromatic carbocycles. The summed E-state index contributed by atoms with van der Waals surface area (Å²) in [6, 6.07) is 3.51. The fourth-order valence-electron chi connectivity index (χ4n) is 2.33. The minimum Gasteiger partial charge on any atom is -0.508 e. The van der Waals surface area contributed by atoms with Crippen LogP contribution in [0.2, 0.25) is 0 Å². The fourth-order valence-corrected chi connectivity index (χ4v) is 2.33. The zero-order chi connectivity index (χ0) is 12.3. The molecule has 94 valence electrons. The molecule has 0 bridgehead atoms. The van der Waals surface area contributed by atoms with Gasteiger partial charge >= 0.3 is 0 Å². The van der Waals surface area contributed by atoms with Gasteiger partial charge in [0.05, 0.1) is 14.2 Å². The van der Waals surface area contributed by atoms with Gasteiger partial charge in [-0.25, -0.2) is 0 Å². The predicted octanol–water partition coefficient (Wildman–Crippen LogP) is 1.88. The molecule has 4 heteroatoms. The standard InChI is InChI=1S/C13H19NO3/c1-16-12-6-10(9-4-3-5-14-8-9)11(15)7-13(12)17-2/h6-7,9,14-15H,3-5,8H2,1-2H3. The zero-order valence-electron chi connectivity index (χ0n) is 10.3. The van der Waals surface area contributed by atoms with Crippen LogP contribution in [0.25, 0.3) is 0 Å². The van der Waals surface area contributed by atoms with Crippen LogP contribution in [0.5, 0.6) is 17.2 Å². The molecule has 1 aromatic rings. The summed E-state index contributed by atoms with van der Waals surface area (Å²) in [7, 11) is 3.18. The second-order valence-corrected chi connectivity index (χ2v) is 4.31. The van der Waals surface area contributed by atoms with Crippen LogP contribution in [0.4, 0.5) is 0 Å². The summed E-state index contributed by atoms with van der Waals surface area (Å²) < 4.78 is 10.4. The highest BCUT2D eigenvalue weighted by Gasteiger charge is 2.20. The van der Waals surface area contributed by atoms with Crippen molar-refractivity contribution in [1.82, 2.24) is 5.32 Å². The summed E-state index contributed by atoms with van der Waals surface area (Å²) in [5.41, 5.74) is 0.940. The van der Waals surface area contributed by atoms with Crippen molar-refractivity contribution in [1.29, 1.82) is 0 Å². The van der Waals surface area contributed by atoms with E-state index in [4.69, 9.17) is 9.47 Å². The highest BCUT2D eigenvalue weighted by Crippen LogP contribution is 2.39. The van der Waals surface area contributed by atoms with Crippen molar-refractivity contribution in [2.24, 2.45) is 0 Å². The van der Waals surface area contributed by atoms with E-state index < -0.39 is 0 Å². The minimum absolute atomic E-state index is 0.288. The maximum atomic E-state index is 10.0. The van der Waals surface area contributed by atoms with Crippen molar-refractivity contribution < 1.29 is 14.6 Å². The third-order valence-corrected chi connectivity index (χ3v) is 3.27. The first kappa shape index (κ1) is 12.0. The molecule has 2 N–H and O–H groups in total. The summed E-state index contributed by atoms with van der Waals surface area (Å²) in [5.74, 6) is 1.88. The molecular weight excluding hydrogens is 218 g/mol. The second kappa shape index (κ2) is 5.27. The monoisotopic (exact) mass is 237 g/mol. The highest BCUT2D eigenvalue weighted by atomic mass is 16.5. The van der Waals surface area contributed by atoms with Gasteiger partial charge in [0, 0.05) is 24.1 Å². The van der Waals surface area contributed by atoms with Crippen molar-refractivity contribution in [3.8, 4) is 17.2 Å². The lowest BCUT2D eigenvalue weighted by Gasteiger charge is -2.24. The number of piperidine rings is 1. The van der Waals surface area contributed by atoms with E-state index in [1.807, 2.05) is 6.07 Å². The molecule has 0 amide bonds. The smallest absolute Gasteiger partial charge is 0.164 e. The molecular formula is C13H19NO3. The van der Waals surface area contributed by atoms with Crippen LogP contribution >= 0.6 is 0 Å². The summed E-state index contributed by atoms with van der Waals surface area (Å²) in [6.07, 6.45) is 2.23. The summed E-state index contributed by atoms with van der Waals surface area (Å²) in [6.45, 7) is 1.97. The van der Waals surface area contributed by atoms with Gasteiger partial charge in [-0.3, -0.25) is 0 Å². The number of aromatic hydroxyl groups is 1. The third-order valence-electron chi connectivity index (χ3n) is 3.27. The molecule has 0 aromatic heterocycles. The summed E-state index contributed by atoms with van der Waals surface area (Å²) in [5, 5.41) is 13.4. The molecule has 1 fully saturated rings. The summed E-state index contributed by atoms with van der Waals surface area (Å²) in [4.78, 5) is 0. The van der Waals surface area contributed by atoms with E-state index >= 15 is 0 Å². The summed E-state index contributed by atoms with van der Waals surface area (Å²) >= 11 is 0. The molecule has 0 saturated carbocycles. The first-order valence-electron chi connectivity index (χ1n) is 5.92. The second-order valence-electron chi connectivity index (χ2n) is 4.31. The Hall–Kier alpha value is -1.42. The zero-order valence-corrected chi connectivity index (χ0v) is 10.3. The van der Waals surface area contributed by atoms with E-state index in [-0.39, 0.29) is 5.75 Å². The van der Waals surface area contributed by atoms with Gasteiger partial charge in [-0.2, -0.15) is 0 Å². The van der Waals surface area contributed by atoms with Crippen molar-refractivity contribution >= 4 is 0 Å². The Kier molecular flexibility index (Phi) is 3.74. The van der Waals surface area contributed by atoms with Crippen molar-refractivity contribution in [2.75, 3.05) is 27.3 Å². The molecule has 0 spiro atoms. The van der Waals surface area contributed by atoms with Crippen molar-refractivity contribution in [2.45, 2.75) is 18.8 Å². The molecule has 1 heterocycles. The minimum atomic E-state index is 0.288. The molecule has 0 aliphatic carbocycles. The molecule has 17 heavy (non-hydrogen) atoms. The van der Waals surface area contributed by atoms with E-state index in [0.717, 1.165) is 31.5 Å². The van der Waals surface area contributed by atoms with E-state index in [0.29, 0.717) is 17.4 Å². The van der Waals surface area contributed by atoms with Gasteiger partial charge < -0.3 is 19.9 Å². The molecule has 1 unspecified atom stereocenters. The van der Waals surface area contributed by atoms with Crippen LogP contribution in [0.15, 0.2) is 12.1 Å². The topological polar surface area (TPSA) is 50.7 Å². The first-order chi connectivity index (χ1) is 8.26. The SMILES string of the molecule is COc1cc(O)c(C2CCCNC2)cc1OC. The van der Waals surface area contributed by atoms with Crippen LogP contribution in [0.3, 0.4) is 0 Å². The van der Waals surface area contributed by atoms with E-state index in [1.165, 1.54) is 0 Å². The van der Waals surface area contributed by atoms with Crippen molar-refractivity contribution in [3.05, 3.63) is 17.7 Å². The van der Waals surface area contributed by atoms with E-state index in [2.05, 4.69) is 5.32 Å². The lowest BCUT2D eigenvalue weighted by Crippen LogP contribution is -2.28. The van der Waals surface area contributed by atoms with E-state index in [1.54, 1.807) is 20.3 Å². The number of rotatable bonds is 3. The van der Waals surface area contributed by atoms with Gasteiger partial charge in [0.15, 0.2) is 11.5 Å². The molecule has 0 radical (unpaired) electrons. The Morgan fingerprint density at radius 2 is 1.94 bits per heavy atom. The number of phenols is 1. The number of benzene rings is 1. The number of hydrogen-bond donors (Lipinski definition) is 2. The van der Waals surface area contributed by atoms with Crippen molar-refractivity contribution in [3.63, 3.8) is 0 Å².